The highest BCUT2D eigenvalue weighted by molar-refractivity contribution is 5.74. The molecule has 0 aliphatic rings. The molecule has 0 atom stereocenters. The fourth-order valence-corrected chi connectivity index (χ4v) is 2.09. The summed E-state index contributed by atoms with van der Waals surface area (Å²) in [6.45, 7) is 0. The lowest BCUT2D eigenvalue weighted by molar-refractivity contribution is 0.853. The second kappa shape index (κ2) is 4.86. The molecule has 0 radical (unpaired) electrons. The first-order valence-electron chi connectivity index (χ1n) is 6.12. The molecular formula is C15H11N4O+. The van der Waals surface area contributed by atoms with Crippen molar-refractivity contribution < 1.29 is 0 Å². The average Bonchev–Trinajstić information content (AvgIpc) is 2.86. The summed E-state index contributed by atoms with van der Waals surface area (Å²) in [6, 6.07) is 18.4. The highest BCUT2D eigenvalue weighted by Gasteiger charge is 2.27. The number of diazo groups is 1. The van der Waals surface area contributed by atoms with E-state index in [0.29, 0.717) is 11.4 Å². The number of hydrogen-bond donors (Lipinski definition) is 1. The number of rotatable bonds is 2. The molecule has 96 valence electrons. The van der Waals surface area contributed by atoms with Gasteiger partial charge in [0.15, 0.2) is 10.7 Å². The van der Waals surface area contributed by atoms with E-state index in [0.717, 1.165) is 5.56 Å². The largest absolute Gasteiger partial charge is 0.476 e. The van der Waals surface area contributed by atoms with Gasteiger partial charge in [-0.1, -0.05) is 48.5 Å². The van der Waals surface area contributed by atoms with Crippen molar-refractivity contribution in [3.63, 3.8) is 0 Å². The molecule has 0 aliphatic carbocycles. The molecule has 0 amide bonds. The molecule has 0 aliphatic heterocycles. The summed E-state index contributed by atoms with van der Waals surface area (Å²) in [5.41, 5.74) is 1.57. The Morgan fingerprint density at radius 3 is 2.15 bits per heavy atom. The predicted molar refractivity (Wildman–Crippen MR) is 76.6 cm³/mol. The van der Waals surface area contributed by atoms with Crippen molar-refractivity contribution in [2.45, 2.75) is 0 Å². The van der Waals surface area contributed by atoms with Gasteiger partial charge in [0.05, 0.1) is 5.69 Å². The van der Waals surface area contributed by atoms with Crippen molar-refractivity contribution in [3.05, 3.63) is 76.0 Å². The monoisotopic (exact) mass is 263 g/mol. The SMILES string of the molecule is N#[N+]c1c(-c2ccccc2)[nH]n(-c2ccccc2)c1=O. The van der Waals surface area contributed by atoms with Crippen LogP contribution in [-0.2, 0) is 0 Å². The van der Waals surface area contributed by atoms with E-state index >= 15 is 0 Å². The third-order valence-corrected chi connectivity index (χ3v) is 3.04. The Bertz CT molecular complexity index is 826. The minimum atomic E-state index is -0.391. The van der Waals surface area contributed by atoms with Gasteiger partial charge in [-0.15, -0.1) is 0 Å². The summed E-state index contributed by atoms with van der Waals surface area (Å²) in [4.78, 5) is 15.4. The number of aromatic nitrogens is 2. The van der Waals surface area contributed by atoms with Crippen LogP contribution in [0.2, 0.25) is 0 Å². The number of para-hydroxylation sites is 1. The van der Waals surface area contributed by atoms with Gasteiger partial charge in [0, 0.05) is 5.56 Å². The summed E-state index contributed by atoms with van der Waals surface area (Å²) in [5, 5.41) is 12.1. The van der Waals surface area contributed by atoms with E-state index in [-0.39, 0.29) is 5.69 Å². The van der Waals surface area contributed by atoms with Crippen LogP contribution < -0.4 is 5.56 Å². The molecule has 1 N–H and O–H groups in total. The minimum Gasteiger partial charge on any atom is -0.283 e. The van der Waals surface area contributed by atoms with Crippen LogP contribution in [-0.4, -0.2) is 9.78 Å². The molecule has 3 aromatic rings. The van der Waals surface area contributed by atoms with Crippen LogP contribution in [0, 0.1) is 5.39 Å². The molecule has 0 bridgehead atoms. The maximum atomic E-state index is 12.3. The smallest absolute Gasteiger partial charge is 0.283 e. The van der Waals surface area contributed by atoms with Crippen molar-refractivity contribution in [1.82, 2.24) is 9.78 Å². The molecule has 0 spiro atoms. The highest BCUT2D eigenvalue weighted by atomic mass is 16.1. The van der Waals surface area contributed by atoms with Gasteiger partial charge in [-0.3, -0.25) is 9.89 Å². The van der Waals surface area contributed by atoms with Crippen LogP contribution in [0.5, 0.6) is 0 Å². The van der Waals surface area contributed by atoms with Crippen molar-refractivity contribution >= 4 is 5.69 Å². The molecule has 20 heavy (non-hydrogen) atoms. The van der Waals surface area contributed by atoms with Gasteiger partial charge < -0.3 is 0 Å². The Morgan fingerprint density at radius 2 is 1.55 bits per heavy atom. The Kier molecular flexibility index (Phi) is 2.90. The second-order valence-electron chi connectivity index (χ2n) is 4.28. The molecule has 3 rings (SSSR count). The fraction of sp³-hybridized carbons (Fsp3) is 0. The number of nitrogens with one attached hydrogen (secondary N) is 1. The molecular weight excluding hydrogens is 252 g/mol. The minimum absolute atomic E-state index is 0.0000491. The molecule has 0 saturated heterocycles. The third-order valence-electron chi connectivity index (χ3n) is 3.04. The van der Waals surface area contributed by atoms with E-state index in [4.69, 9.17) is 5.39 Å². The quantitative estimate of drug-likeness (QED) is 0.721. The zero-order valence-corrected chi connectivity index (χ0v) is 10.5. The predicted octanol–water partition coefficient (Wildman–Crippen LogP) is 3.32. The first-order valence-corrected chi connectivity index (χ1v) is 6.12. The Balaban J connectivity index is 2.24. The van der Waals surface area contributed by atoms with Gasteiger partial charge in [0.25, 0.3) is 0 Å². The molecule has 2 aromatic carbocycles. The summed E-state index contributed by atoms with van der Waals surface area (Å²) in [5.74, 6) is 0. The summed E-state index contributed by atoms with van der Waals surface area (Å²) in [6.07, 6.45) is 0. The lowest BCUT2D eigenvalue weighted by Gasteiger charge is -2.00. The normalized spacial score (nSPS) is 10.2. The van der Waals surface area contributed by atoms with E-state index in [1.165, 1.54) is 4.68 Å². The van der Waals surface area contributed by atoms with Gasteiger partial charge in [0.1, 0.15) is 0 Å². The van der Waals surface area contributed by atoms with Crippen LogP contribution in [0.4, 0.5) is 5.69 Å². The Morgan fingerprint density at radius 1 is 0.950 bits per heavy atom. The van der Waals surface area contributed by atoms with Crippen molar-refractivity contribution in [1.29, 1.82) is 5.39 Å². The second-order valence-corrected chi connectivity index (χ2v) is 4.28. The Hall–Kier alpha value is -3.13. The zero-order valence-electron chi connectivity index (χ0n) is 10.5. The van der Waals surface area contributed by atoms with Crippen molar-refractivity contribution in [2.75, 3.05) is 0 Å². The summed E-state index contributed by atoms with van der Waals surface area (Å²) < 4.78 is 1.36. The molecule has 1 heterocycles. The Labute approximate surface area is 114 Å². The number of H-pyrrole nitrogens is 1. The third kappa shape index (κ3) is 1.89. The van der Waals surface area contributed by atoms with Gasteiger partial charge in [-0.2, -0.15) is 0 Å². The van der Waals surface area contributed by atoms with Crippen LogP contribution >= 0.6 is 0 Å². The summed E-state index contributed by atoms with van der Waals surface area (Å²) in [7, 11) is 0. The average molecular weight is 263 g/mol. The van der Waals surface area contributed by atoms with Gasteiger partial charge in [-0.05, 0) is 12.1 Å². The first-order chi connectivity index (χ1) is 9.81. The van der Waals surface area contributed by atoms with Gasteiger partial charge in [0.2, 0.25) is 5.39 Å². The van der Waals surface area contributed by atoms with E-state index in [1.807, 2.05) is 48.5 Å². The maximum Gasteiger partial charge on any atom is 0.476 e. The molecule has 0 fully saturated rings. The van der Waals surface area contributed by atoms with Crippen LogP contribution in [0.15, 0.2) is 65.5 Å². The number of benzene rings is 2. The van der Waals surface area contributed by atoms with E-state index in [1.54, 1.807) is 12.1 Å². The number of hydrogen-bond acceptors (Lipinski definition) is 2. The zero-order chi connectivity index (χ0) is 13.9. The molecule has 5 heteroatoms. The lowest BCUT2D eigenvalue weighted by Crippen LogP contribution is -2.13. The van der Waals surface area contributed by atoms with Crippen molar-refractivity contribution in [2.24, 2.45) is 0 Å². The topological polar surface area (TPSA) is 65.9 Å². The standard InChI is InChI=1S/C15H10N4O/c16-17-14-13(11-7-3-1-4-8-11)18-19(15(14)20)12-9-5-2-6-10-12/h1-10H/p+1. The molecule has 0 unspecified atom stereocenters. The van der Waals surface area contributed by atoms with E-state index in [9.17, 15) is 4.79 Å². The summed E-state index contributed by atoms with van der Waals surface area (Å²) >= 11 is 0. The van der Waals surface area contributed by atoms with Gasteiger partial charge >= 0.3 is 11.2 Å². The highest BCUT2D eigenvalue weighted by Crippen LogP contribution is 2.26. The maximum absolute atomic E-state index is 12.3. The van der Waals surface area contributed by atoms with E-state index in [2.05, 4.69) is 10.1 Å². The molecule has 0 saturated carbocycles. The molecule has 1 aromatic heterocycles. The van der Waals surface area contributed by atoms with Crippen molar-refractivity contribution in [3.8, 4) is 16.9 Å². The van der Waals surface area contributed by atoms with Crippen LogP contribution in [0.3, 0.4) is 0 Å². The van der Waals surface area contributed by atoms with Crippen LogP contribution in [0.25, 0.3) is 21.9 Å². The van der Waals surface area contributed by atoms with E-state index < -0.39 is 5.56 Å². The lowest BCUT2D eigenvalue weighted by atomic mass is 10.1. The van der Waals surface area contributed by atoms with Gasteiger partial charge in [-0.25, -0.2) is 4.68 Å². The first kappa shape index (κ1) is 11.9. The van der Waals surface area contributed by atoms with Crippen LogP contribution in [0.1, 0.15) is 0 Å². The number of aromatic amines is 1. The number of nitrogens with zero attached hydrogens (tertiary/aromatic N) is 3. The molecule has 5 nitrogen and oxygen atoms in total. The fourth-order valence-electron chi connectivity index (χ4n) is 2.09.